The summed E-state index contributed by atoms with van der Waals surface area (Å²) in [7, 11) is 0. The Morgan fingerprint density at radius 2 is 1.91 bits per heavy atom. The Labute approximate surface area is 194 Å². The number of rotatable bonds is 5. The average Bonchev–Trinajstić information content (AvgIpc) is 3.60. The molecular formula is C26H31N5O2. The molecule has 3 aliphatic rings. The highest BCUT2D eigenvalue weighted by Gasteiger charge is 2.34. The van der Waals surface area contributed by atoms with Crippen LogP contribution in [0, 0.1) is 6.92 Å². The first-order chi connectivity index (χ1) is 16.1. The topological polar surface area (TPSA) is 92.0 Å². The highest BCUT2D eigenvalue weighted by Crippen LogP contribution is 2.32. The van der Waals surface area contributed by atoms with E-state index < -0.39 is 6.17 Å². The van der Waals surface area contributed by atoms with Gasteiger partial charge in [-0.2, -0.15) is 0 Å². The van der Waals surface area contributed by atoms with E-state index in [1.165, 1.54) is 0 Å². The van der Waals surface area contributed by atoms with Crippen molar-refractivity contribution in [2.24, 2.45) is 10.8 Å². The third-order valence-electron chi connectivity index (χ3n) is 6.34. The molecule has 0 aromatic heterocycles. The largest absolute Gasteiger partial charge is 0.473 e. The first kappa shape index (κ1) is 21.7. The fourth-order valence-electron chi connectivity index (χ4n) is 4.21. The molecule has 1 atom stereocenters. The molecule has 2 fully saturated rings. The van der Waals surface area contributed by atoms with Gasteiger partial charge in [0.2, 0.25) is 5.90 Å². The van der Waals surface area contributed by atoms with Crippen molar-refractivity contribution in [1.29, 1.82) is 0 Å². The molecule has 1 unspecified atom stereocenters. The van der Waals surface area contributed by atoms with E-state index in [1.807, 2.05) is 61.5 Å². The Morgan fingerprint density at radius 1 is 1.15 bits per heavy atom. The van der Waals surface area contributed by atoms with Crippen molar-refractivity contribution in [3.05, 3.63) is 70.8 Å². The maximum atomic E-state index is 12.6. The summed E-state index contributed by atoms with van der Waals surface area (Å²) >= 11 is 0. The van der Waals surface area contributed by atoms with Gasteiger partial charge in [-0.1, -0.05) is 36.4 Å². The fraction of sp³-hybridized carbons (Fsp3) is 0.385. The molecule has 5 rings (SSSR count). The second kappa shape index (κ2) is 9.37. The predicted octanol–water partition coefficient (Wildman–Crippen LogP) is 3.16. The third-order valence-corrected chi connectivity index (χ3v) is 6.34. The lowest BCUT2D eigenvalue weighted by Crippen LogP contribution is -2.38. The van der Waals surface area contributed by atoms with E-state index in [1.54, 1.807) is 5.01 Å². The number of carbonyl (C=O) groups is 1. The summed E-state index contributed by atoms with van der Waals surface area (Å²) in [6, 6.07) is 16.1. The minimum absolute atomic E-state index is 0.0540. The molecule has 7 heteroatoms. The van der Waals surface area contributed by atoms with E-state index in [0.717, 1.165) is 61.2 Å². The molecule has 1 amide bonds. The van der Waals surface area contributed by atoms with Crippen LogP contribution < -0.4 is 21.4 Å². The number of aryl methyl sites for hydroxylation is 1. The van der Waals surface area contributed by atoms with Crippen molar-refractivity contribution < 1.29 is 9.53 Å². The van der Waals surface area contributed by atoms with Crippen LogP contribution in [-0.2, 0) is 4.74 Å². The van der Waals surface area contributed by atoms with Crippen LogP contribution >= 0.6 is 0 Å². The van der Waals surface area contributed by atoms with E-state index in [4.69, 9.17) is 15.6 Å². The first-order valence-corrected chi connectivity index (χ1v) is 11.8. The maximum absolute atomic E-state index is 12.6. The van der Waals surface area contributed by atoms with Crippen molar-refractivity contribution >= 4 is 23.6 Å². The molecule has 7 nitrogen and oxygen atoms in total. The molecule has 0 bridgehead atoms. The van der Waals surface area contributed by atoms with Gasteiger partial charge in [-0.25, -0.2) is 5.01 Å². The van der Waals surface area contributed by atoms with Gasteiger partial charge in [0.15, 0.2) is 0 Å². The number of hydrazone groups is 1. The van der Waals surface area contributed by atoms with E-state index in [2.05, 4.69) is 10.6 Å². The number of hydrogen-bond acceptors (Lipinski definition) is 6. The number of benzene rings is 2. The summed E-state index contributed by atoms with van der Waals surface area (Å²) < 4.78 is 6.38. The second-order valence-corrected chi connectivity index (χ2v) is 9.02. The fourth-order valence-corrected chi connectivity index (χ4v) is 4.21. The maximum Gasteiger partial charge on any atom is 0.251 e. The lowest BCUT2D eigenvalue weighted by Gasteiger charge is -2.24. The number of nitrogens with one attached hydrogen (secondary N) is 2. The predicted molar refractivity (Wildman–Crippen MR) is 131 cm³/mol. The zero-order valence-electron chi connectivity index (χ0n) is 19.0. The van der Waals surface area contributed by atoms with Crippen molar-refractivity contribution in [2.45, 2.75) is 50.9 Å². The molecule has 1 saturated carbocycles. The number of amides is 1. The number of nitrogens with two attached hydrogens (primary N) is 1. The normalized spacial score (nSPS) is 22.4. The highest BCUT2D eigenvalue weighted by molar-refractivity contribution is 6.03. The molecule has 2 aliphatic heterocycles. The van der Waals surface area contributed by atoms with Gasteiger partial charge in [0, 0.05) is 11.6 Å². The Hall–Kier alpha value is -3.16. The average molecular weight is 446 g/mol. The first-order valence-electron chi connectivity index (χ1n) is 11.8. The Morgan fingerprint density at radius 3 is 2.64 bits per heavy atom. The van der Waals surface area contributed by atoms with Crippen LogP contribution in [-0.4, -0.2) is 43.2 Å². The molecule has 2 aromatic rings. The smallest absolute Gasteiger partial charge is 0.251 e. The van der Waals surface area contributed by atoms with Gasteiger partial charge in [0.1, 0.15) is 12.3 Å². The molecule has 4 N–H and O–H groups in total. The number of hydrogen-bond donors (Lipinski definition) is 3. The lowest BCUT2D eigenvalue weighted by atomic mass is 10.1. The molecule has 33 heavy (non-hydrogen) atoms. The van der Waals surface area contributed by atoms with Crippen LogP contribution in [0.25, 0.3) is 6.08 Å². The third kappa shape index (κ3) is 4.94. The van der Waals surface area contributed by atoms with Crippen LogP contribution in [0.15, 0.2) is 59.2 Å². The van der Waals surface area contributed by atoms with Gasteiger partial charge in [-0.05, 0) is 75.0 Å². The highest BCUT2D eigenvalue weighted by atomic mass is 16.5. The van der Waals surface area contributed by atoms with Gasteiger partial charge < -0.3 is 21.1 Å². The summed E-state index contributed by atoms with van der Waals surface area (Å²) in [4.78, 5) is 12.6. The van der Waals surface area contributed by atoms with Crippen molar-refractivity contribution in [3.8, 4) is 0 Å². The Bertz CT molecular complexity index is 1070. The Balaban J connectivity index is 1.47. The van der Waals surface area contributed by atoms with Gasteiger partial charge in [-0.15, -0.1) is 5.10 Å². The summed E-state index contributed by atoms with van der Waals surface area (Å²) in [6.07, 6.45) is 5.61. The summed E-state index contributed by atoms with van der Waals surface area (Å²) in [5.41, 5.74) is 11.0. The van der Waals surface area contributed by atoms with E-state index in [9.17, 15) is 4.79 Å². The van der Waals surface area contributed by atoms with Gasteiger partial charge in [-0.3, -0.25) is 4.79 Å². The minimum atomic E-state index is -0.512. The molecule has 0 radical (unpaired) electrons. The van der Waals surface area contributed by atoms with Crippen molar-refractivity contribution in [3.63, 3.8) is 0 Å². The zero-order valence-corrected chi connectivity index (χ0v) is 19.0. The van der Waals surface area contributed by atoms with Gasteiger partial charge in [0.25, 0.3) is 5.91 Å². The summed E-state index contributed by atoms with van der Waals surface area (Å²) in [6.45, 7) is 3.87. The zero-order chi connectivity index (χ0) is 22.8. The van der Waals surface area contributed by atoms with E-state index in [0.29, 0.717) is 17.5 Å². The monoisotopic (exact) mass is 445 g/mol. The lowest BCUT2D eigenvalue weighted by molar-refractivity contribution is 0.0951. The molecule has 1 aliphatic carbocycles. The van der Waals surface area contributed by atoms with Gasteiger partial charge >= 0.3 is 0 Å². The summed E-state index contributed by atoms with van der Waals surface area (Å²) in [5.74, 6) is 0.507. The number of nitrogens with zero attached hydrogens (tertiary/aromatic N) is 2. The number of ether oxygens (including phenoxy) is 1. The van der Waals surface area contributed by atoms with Crippen LogP contribution in [0.3, 0.4) is 0 Å². The number of anilines is 1. The quantitative estimate of drug-likeness (QED) is 0.658. The molecule has 2 aromatic carbocycles. The van der Waals surface area contributed by atoms with Crippen LogP contribution in [0.1, 0.15) is 47.2 Å². The van der Waals surface area contributed by atoms with E-state index >= 15 is 0 Å². The molecule has 0 spiro atoms. The summed E-state index contributed by atoms with van der Waals surface area (Å²) in [5, 5.41) is 13.0. The number of carbonyl (C=O) groups excluding carboxylic acids is 1. The van der Waals surface area contributed by atoms with E-state index in [-0.39, 0.29) is 12.0 Å². The standard InChI is InChI=1S/C26H31N5O2/c1-17-7-8-19(25(32)29-20-9-10-20)16-23(17)31-24(27)22(15-18-5-3-2-4-6-18)26(30-31)33-21-11-13-28-14-12-21/h2-8,15-16,20-21,24,28H,9-14,27H2,1H3,(H,29,32). The molecular weight excluding hydrogens is 414 g/mol. The number of piperidine rings is 1. The molecule has 2 heterocycles. The van der Waals surface area contributed by atoms with Crippen LogP contribution in [0.4, 0.5) is 5.69 Å². The molecule has 172 valence electrons. The Kier molecular flexibility index (Phi) is 6.15. The van der Waals surface area contributed by atoms with Crippen molar-refractivity contribution in [1.82, 2.24) is 10.6 Å². The minimum Gasteiger partial charge on any atom is -0.473 e. The van der Waals surface area contributed by atoms with Crippen LogP contribution in [0.2, 0.25) is 0 Å². The molecule has 1 saturated heterocycles. The second-order valence-electron chi connectivity index (χ2n) is 9.02. The van der Waals surface area contributed by atoms with Crippen molar-refractivity contribution in [2.75, 3.05) is 18.1 Å². The van der Waals surface area contributed by atoms with Crippen LogP contribution in [0.5, 0.6) is 0 Å². The SMILES string of the molecule is Cc1ccc(C(=O)NC2CC2)cc1N1N=C(OC2CCNCC2)C(=Cc2ccccc2)C1N. The van der Waals surface area contributed by atoms with Gasteiger partial charge in [0.05, 0.1) is 11.3 Å².